The van der Waals surface area contributed by atoms with Crippen molar-refractivity contribution in [1.29, 1.82) is 0 Å². The van der Waals surface area contributed by atoms with Crippen LogP contribution in [0.1, 0.15) is 16.3 Å². The number of nitrogens with one attached hydrogen (secondary N) is 1. The molecule has 1 N–H and O–H groups in total. The van der Waals surface area contributed by atoms with E-state index in [9.17, 15) is 9.59 Å². The quantitative estimate of drug-likeness (QED) is 0.838. The molecular weight excluding hydrogens is 262 g/mol. The standard InChI is InChI=1S/C10H10ClN3O2S/c1-5-8(11)13-10(16)14(9(5)15)3-7-4-17-6(2)12-7/h4H,3H2,1-2H3,(H,13,16). The molecule has 0 bridgehead atoms. The van der Waals surface area contributed by atoms with Crippen molar-refractivity contribution in [3.05, 3.63) is 47.6 Å². The summed E-state index contributed by atoms with van der Waals surface area (Å²) in [6.07, 6.45) is 0. The van der Waals surface area contributed by atoms with Crippen molar-refractivity contribution in [2.45, 2.75) is 20.4 Å². The van der Waals surface area contributed by atoms with Gasteiger partial charge in [0, 0.05) is 10.9 Å². The molecule has 17 heavy (non-hydrogen) atoms. The maximum atomic E-state index is 11.9. The molecule has 90 valence electrons. The molecule has 0 amide bonds. The van der Waals surface area contributed by atoms with E-state index >= 15 is 0 Å². The Morgan fingerprint density at radius 3 is 2.76 bits per heavy atom. The van der Waals surface area contributed by atoms with Crippen molar-refractivity contribution in [2.75, 3.05) is 0 Å². The van der Waals surface area contributed by atoms with Gasteiger partial charge in [-0.15, -0.1) is 11.3 Å². The number of hydrogen-bond donors (Lipinski definition) is 1. The third-order valence-electron chi connectivity index (χ3n) is 2.34. The highest BCUT2D eigenvalue weighted by Gasteiger charge is 2.10. The molecule has 2 aromatic rings. The molecule has 0 atom stereocenters. The number of aromatic amines is 1. The molecule has 0 unspecified atom stereocenters. The fourth-order valence-corrected chi connectivity index (χ4v) is 2.20. The molecule has 2 aromatic heterocycles. The average Bonchev–Trinajstić information content (AvgIpc) is 2.67. The molecule has 0 saturated heterocycles. The number of aromatic nitrogens is 3. The summed E-state index contributed by atoms with van der Waals surface area (Å²) in [6, 6.07) is 0. The highest BCUT2D eigenvalue weighted by atomic mass is 35.5. The van der Waals surface area contributed by atoms with Crippen LogP contribution in [0, 0.1) is 13.8 Å². The minimum absolute atomic E-state index is 0.0886. The van der Waals surface area contributed by atoms with Gasteiger partial charge in [0.2, 0.25) is 0 Å². The predicted molar refractivity (Wildman–Crippen MR) is 67.0 cm³/mol. The smallest absolute Gasteiger partial charge is 0.297 e. The van der Waals surface area contributed by atoms with Crippen LogP contribution >= 0.6 is 22.9 Å². The van der Waals surface area contributed by atoms with Crippen LogP contribution in [0.25, 0.3) is 0 Å². The van der Waals surface area contributed by atoms with Gasteiger partial charge in [-0.25, -0.2) is 9.78 Å². The number of thiazole rings is 1. The SMILES string of the molecule is Cc1nc(Cn2c(=O)[nH]c(Cl)c(C)c2=O)cs1. The lowest BCUT2D eigenvalue weighted by Gasteiger charge is -2.04. The highest BCUT2D eigenvalue weighted by Crippen LogP contribution is 2.08. The topological polar surface area (TPSA) is 67.8 Å². The highest BCUT2D eigenvalue weighted by molar-refractivity contribution is 7.09. The van der Waals surface area contributed by atoms with Crippen LogP contribution in [0.3, 0.4) is 0 Å². The van der Waals surface area contributed by atoms with E-state index < -0.39 is 5.69 Å². The first-order valence-electron chi connectivity index (χ1n) is 4.89. The normalized spacial score (nSPS) is 10.8. The Kier molecular flexibility index (Phi) is 3.17. The zero-order chi connectivity index (χ0) is 12.6. The van der Waals surface area contributed by atoms with Gasteiger partial charge in [0.05, 0.1) is 17.2 Å². The van der Waals surface area contributed by atoms with E-state index in [2.05, 4.69) is 9.97 Å². The number of hydrogen-bond acceptors (Lipinski definition) is 4. The summed E-state index contributed by atoms with van der Waals surface area (Å²) >= 11 is 7.19. The first-order valence-corrected chi connectivity index (χ1v) is 6.15. The third kappa shape index (κ3) is 2.32. The largest absolute Gasteiger partial charge is 0.329 e. The van der Waals surface area contributed by atoms with Crippen molar-refractivity contribution in [2.24, 2.45) is 0 Å². The number of halogens is 1. The lowest BCUT2D eigenvalue weighted by Crippen LogP contribution is -2.36. The summed E-state index contributed by atoms with van der Waals surface area (Å²) in [5, 5.41) is 2.81. The number of aryl methyl sites for hydroxylation is 1. The molecule has 0 aliphatic carbocycles. The lowest BCUT2D eigenvalue weighted by molar-refractivity contribution is 0.680. The Labute approximate surface area is 106 Å². The summed E-state index contributed by atoms with van der Waals surface area (Å²) in [5.74, 6) is 0. The van der Waals surface area contributed by atoms with E-state index in [1.54, 1.807) is 6.92 Å². The fourth-order valence-electron chi connectivity index (χ4n) is 1.43. The van der Waals surface area contributed by atoms with Crippen LogP contribution in [0.4, 0.5) is 0 Å². The van der Waals surface area contributed by atoms with E-state index in [1.165, 1.54) is 11.3 Å². The molecule has 0 radical (unpaired) electrons. The molecule has 2 rings (SSSR count). The lowest BCUT2D eigenvalue weighted by atomic mass is 10.3. The fraction of sp³-hybridized carbons (Fsp3) is 0.300. The summed E-state index contributed by atoms with van der Waals surface area (Å²) in [7, 11) is 0. The zero-order valence-electron chi connectivity index (χ0n) is 9.28. The van der Waals surface area contributed by atoms with E-state index in [0.717, 1.165) is 9.57 Å². The molecule has 0 spiro atoms. The van der Waals surface area contributed by atoms with Crippen LogP contribution in [0.15, 0.2) is 15.0 Å². The van der Waals surface area contributed by atoms with Crippen LogP contribution in [-0.2, 0) is 6.54 Å². The second-order valence-electron chi connectivity index (χ2n) is 3.62. The second-order valence-corrected chi connectivity index (χ2v) is 5.06. The van der Waals surface area contributed by atoms with Gasteiger partial charge in [-0.3, -0.25) is 14.3 Å². The monoisotopic (exact) mass is 271 g/mol. The predicted octanol–water partition coefficient (Wildman–Crippen LogP) is 1.31. The summed E-state index contributed by atoms with van der Waals surface area (Å²) in [6.45, 7) is 3.61. The molecule has 7 heteroatoms. The van der Waals surface area contributed by atoms with Crippen molar-refractivity contribution in [3.8, 4) is 0 Å². The molecule has 0 aliphatic heterocycles. The minimum Gasteiger partial charge on any atom is -0.297 e. The molecule has 0 aromatic carbocycles. The van der Waals surface area contributed by atoms with Gasteiger partial charge in [-0.1, -0.05) is 11.6 Å². The minimum atomic E-state index is -0.517. The Hall–Kier alpha value is -1.40. The van der Waals surface area contributed by atoms with Gasteiger partial charge >= 0.3 is 5.69 Å². The van der Waals surface area contributed by atoms with Gasteiger partial charge in [-0.05, 0) is 13.8 Å². The maximum Gasteiger partial charge on any atom is 0.329 e. The van der Waals surface area contributed by atoms with Crippen molar-refractivity contribution in [3.63, 3.8) is 0 Å². The Morgan fingerprint density at radius 1 is 1.47 bits per heavy atom. The van der Waals surface area contributed by atoms with E-state index in [4.69, 9.17) is 11.6 Å². The van der Waals surface area contributed by atoms with Crippen LogP contribution in [0.2, 0.25) is 5.15 Å². The van der Waals surface area contributed by atoms with Crippen molar-refractivity contribution in [1.82, 2.24) is 14.5 Å². The average molecular weight is 272 g/mol. The van der Waals surface area contributed by atoms with Crippen LogP contribution < -0.4 is 11.2 Å². The zero-order valence-corrected chi connectivity index (χ0v) is 10.9. The second kappa shape index (κ2) is 4.46. The molecule has 0 saturated carbocycles. The maximum absolute atomic E-state index is 11.9. The van der Waals surface area contributed by atoms with E-state index in [0.29, 0.717) is 11.3 Å². The number of rotatable bonds is 2. The van der Waals surface area contributed by atoms with Gasteiger partial charge in [0.15, 0.2) is 0 Å². The first kappa shape index (κ1) is 12.1. The third-order valence-corrected chi connectivity index (χ3v) is 3.54. The Balaban J connectivity index is 2.50. The molecule has 5 nitrogen and oxygen atoms in total. The number of H-pyrrole nitrogens is 1. The first-order chi connectivity index (χ1) is 7.99. The molecule has 2 heterocycles. The number of nitrogens with zero attached hydrogens (tertiary/aromatic N) is 2. The summed E-state index contributed by atoms with van der Waals surface area (Å²) in [4.78, 5) is 30.1. The van der Waals surface area contributed by atoms with Crippen LogP contribution in [-0.4, -0.2) is 14.5 Å². The molecule has 0 fully saturated rings. The van der Waals surface area contributed by atoms with Gasteiger partial charge in [0.25, 0.3) is 5.56 Å². The van der Waals surface area contributed by atoms with Crippen molar-refractivity contribution < 1.29 is 0 Å². The summed E-state index contributed by atoms with van der Waals surface area (Å²) in [5.41, 5.74) is 0.126. The van der Waals surface area contributed by atoms with E-state index in [1.807, 2.05) is 12.3 Å². The van der Waals surface area contributed by atoms with Gasteiger partial charge in [0.1, 0.15) is 5.15 Å². The van der Waals surface area contributed by atoms with Gasteiger partial charge in [-0.2, -0.15) is 0 Å². The van der Waals surface area contributed by atoms with Gasteiger partial charge < -0.3 is 0 Å². The van der Waals surface area contributed by atoms with Crippen LogP contribution in [0.5, 0.6) is 0 Å². The van der Waals surface area contributed by atoms with E-state index in [-0.39, 0.29) is 17.3 Å². The molecular formula is C10H10ClN3O2S. The molecule has 0 aliphatic rings. The Bertz CT molecular complexity index is 671. The Morgan fingerprint density at radius 2 is 2.18 bits per heavy atom. The summed E-state index contributed by atoms with van der Waals surface area (Å²) < 4.78 is 1.09. The van der Waals surface area contributed by atoms with Crippen molar-refractivity contribution >= 4 is 22.9 Å².